The highest BCUT2D eigenvalue weighted by Gasteiger charge is 2.34. The fraction of sp³-hybridized carbons (Fsp3) is 0.684. The van der Waals surface area contributed by atoms with Gasteiger partial charge in [-0.2, -0.15) is 0 Å². The number of hydrogen-bond acceptors (Lipinski definition) is 1. The van der Waals surface area contributed by atoms with E-state index in [1.54, 1.807) is 0 Å². The normalized spacial score (nSPS) is 26.9. The summed E-state index contributed by atoms with van der Waals surface area (Å²) in [6.45, 7) is 12.6. The molecule has 1 aliphatic rings. The first-order valence-electron chi connectivity index (χ1n) is 8.15. The third-order valence-electron chi connectivity index (χ3n) is 4.78. The molecule has 1 fully saturated rings. The zero-order valence-electron chi connectivity index (χ0n) is 13.9. The van der Waals surface area contributed by atoms with Crippen LogP contribution in [0.1, 0.15) is 65.0 Å². The lowest BCUT2D eigenvalue weighted by Gasteiger charge is -2.25. The summed E-state index contributed by atoms with van der Waals surface area (Å²) in [5.74, 6) is 0. The molecule has 1 N–H and O–H groups in total. The molecule has 0 spiro atoms. The third-order valence-corrected chi connectivity index (χ3v) is 4.78. The Kier molecular flexibility index (Phi) is 4.59. The molecule has 0 bridgehead atoms. The quantitative estimate of drug-likeness (QED) is 0.839. The topological polar surface area (TPSA) is 12.0 Å². The predicted octanol–water partition coefficient (Wildman–Crippen LogP) is 4.69. The molecule has 2 atom stereocenters. The molecular formula is C19H31N. The van der Waals surface area contributed by atoms with Crippen LogP contribution in [0, 0.1) is 5.41 Å². The Morgan fingerprint density at radius 3 is 2.40 bits per heavy atom. The predicted molar refractivity (Wildman–Crippen MR) is 88.3 cm³/mol. The summed E-state index contributed by atoms with van der Waals surface area (Å²) < 4.78 is 0. The highest BCUT2D eigenvalue weighted by atomic mass is 14.9. The van der Waals surface area contributed by atoms with Crippen LogP contribution < -0.4 is 5.32 Å². The van der Waals surface area contributed by atoms with Gasteiger partial charge >= 0.3 is 0 Å². The van der Waals surface area contributed by atoms with Crippen molar-refractivity contribution in [3.8, 4) is 0 Å². The maximum atomic E-state index is 3.61. The summed E-state index contributed by atoms with van der Waals surface area (Å²) >= 11 is 0. The molecule has 1 heteroatoms. The van der Waals surface area contributed by atoms with Gasteiger partial charge in [0.15, 0.2) is 0 Å². The second-order valence-electron chi connectivity index (χ2n) is 7.93. The molecule has 1 nitrogen and oxygen atoms in total. The van der Waals surface area contributed by atoms with Gasteiger partial charge in [-0.15, -0.1) is 0 Å². The van der Waals surface area contributed by atoms with E-state index in [9.17, 15) is 0 Å². The zero-order chi connectivity index (χ0) is 14.8. The summed E-state index contributed by atoms with van der Waals surface area (Å²) in [5, 5.41) is 3.61. The summed E-state index contributed by atoms with van der Waals surface area (Å²) in [7, 11) is 0. The molecule has 112 valence electrons. The molecule has 2 unspecified atom stereocenters. The second-order valence-corrected chi connectivity index (χ2v) is 7.93. The van der Waals surface area contributed by atoms with E-state index in [-0.39, 0.29) is 5.41 Å². The minimum absolute atomic E-state index is 0.256. The fourth-order valence-corrected chi connectivity index (χ4v) is 3.56. The lowest BCUT2D eigenvalue weighted by molar-refractivity contribution is 0.322. The van der Waals surface area contributed by atoms with Crippen LogP contribution in [0.4, 0.5) is 0 Å². The molecule has 1 saturated carbocycles. The first kappa shape index (κ1) is 15.6. The maximum absolute atomic E-state index is 3.61. The van der Waals surface area contributed by atoms with Gasteiger partial charge in [0.05, 0.1) is 0 Å². The van der Waals surface area contributed by atoms with Gasteiger partial charge < -0.3 is 5.32 Å². The van der Waals surface area contributed by atoms with Crippen LogP contribution >= 0.6 is 0 Å². The van der Waals surface area contributed by atoms with Gasteiger partial charge in [-0.1, -0.05) is 58.9 Å². The molecule has 0 amide bonds. The third kappa shape index (κ3) is 3.85. The Morgan fingerprint density at radius 2 is 1.85 bits per heavy atom. The van der Waals surface area contributed by atoms with E-state index < -0.39 is 0 Å². The lowest BCUT2D eigenvalue weighted by atomic mass is 9.80. The van der Waals surface area contributed by atoms with Crippen molar-refractivity contribution in [2.24, 2.45) is 5.41 Å². The number of benzene rings is 1. The number of rotatable bonds is 4. The fourth-order valence-electron chi connectivity index (χ4n) is 3.56. The first-order chi connectivity index (χ1) is 9.32. The Bertz CT molecular complexity index is 426. The molecule has 1 aromatic rings. The molecule has 0 aliphatic heterocycles. The van der Waals surface area contributed by atoms with Gasteiger partial charge in [-0.3, -0.25) is 0 Å². The van der Waals surface area contributed by atoms with Gasteiger partial charge in [-0.05, 0) is 54.2 Å². The lowest BCUT2D eigenvalue weighted by Crippen LogP contribution is -2.28. The SMILES string of the molecule is CCNC1CCC(C)(Cc2ccc(C(C)(C)C)cc2)C1. The summed E-state index contributed by atoms with van der Waals surface area (Å²) in [4.78, 5) is 0. The van der Waals surface area contributed by atoms with Crippen molar-refractivity contribution < 1.29 is 0 Å². The van der Waals surface area contributed by atoms with Crippen LogP contribution in [0.25, 0.3) is 0 Å². The molecule has 0 radical (unpaired) electrons. The standard InChI is InChI=1S/C19H31N/c1-6-20-17-11-12-19(5,14-17)13-15-7-9-16(10-8-15)18(2,3)4/h7-10,17,20H,6,11-14H2,1-5H3. The molecule has 0 aromatic heterocycles. The Hall–Kier alpha value is -0.820. The van der Waals surface area contributed by atoms with Crippen LogP contribution in [0.2, 0.25) is 0 Å². The summed E-state index contributed by atoms with van der Waals surface area (Å²) in [5.41, 5.74) is 3.67. The van der Waals surface area contributed by atoms with E-state index in [4.69, 9.17) is 0 Å². The largest absolute Gasteiger partial charge is 0.314 e. The second kappa shape index (κ2) is 5.89. The van der Waals surface area contributed by atoms with Gasteiger partial charge in [-0.25, -0.2) is 0 Å². The van der Waals surface area contributed by atoms with Crippen molar-refractivity contribution in [2.75, 3.05) is 6.54 Å². The Labute approximate surface area is 125 Å². The summed E-state index contributed by atoms with van der Waals surface area (Å²) in [6.07, 6.45) is 5.23. The van der Waals surface area contributed by atoms with Gasteiger partial charge in [0, 0.05) is 6.04 Å². The molecule has 0 heterocycles. The van der Waals surface area contributed by atoms with Gasteiger partial charge in [0.1, 0.15) is 0 Å². The van der Waals surface area contributed by atoms with Gasteiger partial charge in [0.25, 0.3) is 0 Å². The van der Waals surface area contributed by atoms with Crippen LogP contribution in [0.15, 0.2) is 24.3 Å². The van der Waals surface area contributed by atoms with Crippen LogP contribution in [0.3, 0.4) is 0 Å². The Morgan fingerprint density at radius 1 is 1.20 bits per heavy atom. The van der Waals surface area contributed by atoms with Crippen molar-refractivity contribution in [1.29, 1.82) is 0 Å². The molecule has 2 rings (SSSR count). The molecule has 20 heavy (non-hydrogen) atoms. The van der Waals surface area contributed by atoms with E-state index >= 15 is 0 Å². The smallest absolute Gasteiger partial charge is 0.00724 e. The van der Waals surface area contributed by atoms with Crippen molar-refractivity contribution in [3.63, 3.8) is 0 Å². The average molecular weight is 273 g/mol. The van der Waals surface area contributed by atoms with Crippen LogP contribution in [-0.2, 0) is 11.8 Å². The van der Waals surface area contributed by atoms with E-state index in [1.165, 1.54) is 36.8 Å². The van der Waals surface area contributed by atoms with E-state index in [0.29, 0.717) is 5.41 Å². The monoisotopic (exact) mass is 273 g/mol. The zero-order valence-corrected chi connectivity index (χ0v) is 13.9. The van der Waals surface area contributed by atoms with Crippen molar-refractivity contribution >= 4 is 0 Å². The average Bonchev–Trinajstić information content (AvgIpc) is 2.71. The molecular weight excluding hydrogens is 242 g/mol. The number of hydrogen-bond donors (Lipinski definition) is 1. The molecule has 0 saturated heterocycles. The molecule has 1 aliphatic carbocycles. The van der Waals surface area contributed by atoms with Crippen molar-refractivity contribution in [3.05, 3.63) is 35.4 Å². The van der Waals surface area contributed by atoms with Crippen molar-refractivity contribution in [1.82, 2.24) is 5.32 Å². The first-order valence-corrected chi connectivity index (χ1v) is 8.15. The van der Waals surface area contributed by atoms with E-state index in [1.807, 2.05) is 0 Å². The highest BCUT2D eigenvalue weighted by molar-refractivity contribution is 5.28. The van der Waals surface area contributed by atoms with E-state index in [0.717, 1.165) is 12.6 Å². The summed E-state index contributed by atoms with van der Waals surface area (Å²) in [6, 6.07) is 10.0. The minimum Gasteiger partial charge on any atom is -0.314 e. The van der Waals surface area contributed by atoms with Crippen LogP contribution in [-0.4, -0.2) is 12.6 Å². The number of nitrogens with one attached hydrogen (secondary N) is 1. The molecule has 1 aromatic carbocycles. The van der Waals surface area contributed by atoms with Gasteiger partial charge in [0.2, 0.25) is 0 Å². The minimum atomic E-state index is 0.256. The Balaban J connectivity index is 2.00. The van der Waals surface area contributed by atoms with Crippen LogP contribution in [0.5, 0.6) is 0 Å². The van der Waals surface area contributed by atoms with Crippen molar-refractivity contribution in [2.45, 2.75) is 71.8 Å². The highest BCUT2D eigenvalue weighted by Crippen LogP contribution is 2.40. The van der Waals surface area contributed by atoms with E-state index in [2.05, 4.69) is 64.2 Å². The maximum Gasteiger partial charge on any atom is 0.00724 e.